The van der Waals surface area contributed by atoms with Crippen molar-refractivity contribution in [2.75, 3.05) is 5.33 Å². The molecule has 0 unspecified atom stereocenters. The van der Waals surface area contributed by atoms with Gasteiger partial charge in [-0.25, -0.2) is 4.98 Å². The number of rotatable bonds is 3. The van der Waals surface area contributed by atoms with Gasteiger partial charge in [0, 0.05) is 12.6 Å². The molecule has 0 spiro atoms. The monoisotopic (exact) mass is 278 g/mol. The Bertz CT molecular complexity index is 505. The van der Waals surface area contributed by atoms with Crippen LogP contribution in [0.2, 0.25) is 0 Å². The molecule has 4 heteroatoms. The van der Waals surface area contributed by atoms with Crippen molar-refractivity contribution in [3.8, 4) is 11.4 Å². The Morgan fingerprint density at radius 1 is 1.38 bits per heavy atom. The number of alkyl halides is 1. The van der Waals surface area contributed by atoms with Crippen molar-refractivity contribution < 1.29 is 4.79 Å². The molecule has 0 radical (unpaired) electrons. The van der Waals surface area contributed by atoms with Crippen molar-refractivity contribution in [2.45, 2.75) is 0 Å². The SMILES string of the molecule is Cn1c(C(=O)CBr)cnc1-c1ccccc1. The van der Waals surface area contributed by atoms with Gasteiger partial charge in [0.2, 0.25) is 0 Å². The minimum absolute atomic E-state index is 0.0391. The second kappa shape index (κ2) is 4.61. The average molecular weight is 279 g/mol. The van der Waals surface area contributed by atoms with Crippen LogP contribution in [0.3, 0.4) is 0 Å². The lowest BCUT2D eigenvalue weighted by Crippen LogP contribution is -2.07. The summed E-state index contributed by atoms with van der Waals surface area (Å²) < 4.78 is 1.82. The van der Waals surface area contributed by atoms with Gasteiger partial charge < -0.3 is 4.57 Å². The van der Waals surface area contributed by atoms with Gasteiger partial charge in [-0.05, 0) is 0 Å². The fourth-order valence-corrected chi connectivity index (χ4v) is 1.88. The Kier molecular flexibility index (Phi) is 3.19. The highest BCUT2D eigenvalue weighted by Crippen LogP contribution is 2.18. The van der Waals surface area contributed by atoms with E-state index < -0.39 is 0 Å². The molecule has 0 aliphatic rings. The Morgan fingerprint density at radius 3 is 2.69 bits per heavy atom. The normalized spacial score (nSPS) is 10.4. The number of benzene rings is 1. The first-order valence-corrected chi connectivity index (χ1v) is 6.02. The van der Waals surface area contributed by atoms with E-state index in [-0.39, 0.29) is 5.78 Å². The van der Waals surface area contributed by atoms with Crippen molar-refractivity contribution in [3.63, 3.8) is 0 Å². The number of ketones is 1. The van der Waals surface area contributed by atoms with Gasteiger partial charge in [0.15, 0.2) is 5.78 Å². The average Bonchev–Trinajstić information content (AvgIpc) is 2.71. The first kappa shape index (κ1) is 11.1. The Labute approximate surface area is 102 Å². The molecule has 2 rings (SSSR count). The van der Waals surface area contributed by atoms with Gasteiger partial charge in [-0.3, -0.25) is 4.79 Å². The van der Waals surface area contributed by atoms with Crippen LogP contribution >= 0.6 is 15.9 Å². The summed E-state index contributed by atoms with van der Waals surface area (Å²) in [6.45, 7) is 0. The highest BCUT2D eigenvalue weighted by atomic mass is 79.9. The summed E-state index contributed by atoms with van der Waals surface area (Å²) in [5.74, 6) is 0.849. The molecule has 0 amide bonds. The minimum atomic E-state index is 0.0391. The van der Waals surface area contributed by atoms with E-state index in [1.165, 1.54) is 0 Å². The van der Waals surface area contributed by atoms with E-state index in [0.717, 1.165) is 11.4 Å². The van der Waals surface area contributed by atoms with Crippen molar-refractivity contribution in [1.29, 1.82) is 0 Å². The smallest absolute Gasteiger partial charge is 0.191 e. The maximum Gasteiger partial charge on any atom is 0.191 e. The second-order valence-electron chi connectivity index (χ2n) is 3.45. The van der Waals surface area contributed by atoms with E-state index in [0.29, 0.717) is 11.0 Å². The van der Waals surface area contributed by atoms with E-state index in [4.69, 9.17) is 0 Å². The Morgan fingerprint density at radius 2 is 2.06 bits per heavy atom. The fraction of sp³-hybridized carbons (Fsp3) is 0.167. The molecule has 16 heavy (non-hydrogen) atoms. The zero-order valence-electron chi connectivity index (χ0n) is 8.85. The molecule has 0 fully saturated rings. The number of carbonyl (C=O) groups is 1. The largest absolute Gasteiger partial charge is 0.325 e. The van der Waals surface area contributed by atoms with Crippen molar-refractivity contribution in [2.24, 2.45) is 7.05 Å². The van der Waals surface area contributed by atoms with Crippen molar-refractivity contribution in [1.82, 2.24) is 9.55 Å². The number of carbonyl (C=O) groups excluding carboxylic acids is 1. The van der Waals surface area contributed by atoms with Gasteiger partial charge in [0.25, 0.3) is 0 Å². The maximum atomic E-state index is 11.6. The van der Waals surface area contributed by atoms with Crippen LogP contribution in [0.5, 0.6) is 0 Å². The summed E-state index contributed by atoms with van der Waals surface area (Å²) >= 11 is 3.16. The lowest BCUT2D eigenvalue weighted by molar-refractivity contribution is 0.101. The molecule has 0 N–H and O–H groups in total. The molecule has 2 aromatic rings. The highest BCUT2D eigenvalue weighted by Gasteiger charge is 2.13. The van der Waals surface area contributed by atoms with Crippen LogP contribution in [0.4, 0.5) is 0 Å². The Balaban J connectivity index is 2.45. The van der Waals surface area contributed by atoms with Crippen LogP contribution in [0.1, 0.15) is 10.5 Å². The third kappa shape index (κ3) is 1.93. The number of halogens is 1. The highest BCUT2D eigenvalue weighted by molar-refractivity contribution is 9.09. The van der Waals surface area contributed by atoms with Gasteiger partial charge in [0.05, 0.1) is 11.5 Å². The number of nitrogens with zero attached hydrogens (tertiary/aromatic N) is 2. The number of Topliss-reactive ketones (excluding diaryl/α,β-unsaturated/α-hetero) is 1. The molecule has 0 saturated heterocycles. The van der Waals surface area contributed by atoms with E-state index in [9.17, 15) is 4.79 Å². The van der Waals surface area contributed by atoms with Gasteiger partial charge in [-0.15, -0.1) is 0 Å². The van der Waals surface area contributed by atoms with Crippen LogP contribution in [0.15, 0.2) is 36.5 Å². The second-order valence-corrected chi connectivity index (χ2v) is 4.01. The number of hydrogen-bond donors (Lipinski definition) is 0. The van der Waals surface area contributed by atoms with E-state index in [1.807, 2.05) is 41.9 Å². The standard InChI is InChI=1S/C12H11BrN2O/c1-15-10(11(16)7-13)8-14-12(15)9-5-3-2-4-6-9/h2-6,8H,7H2,1H3. The first-order valence-electron chi connectivity index (χ1n) is 4.90. The lowest BCUT2D eigenvalue weighted by atomic mass is 10.2. The predicted octanol–water partition coefficient (Wildman–Crippen LogP) is 2.66. The molecule has 0 bridgehead atoms. The zero-order chi connectivity index (χ0) is 11.5. The zero-order valence-corrected chi connectivity index (χ0v) is 10.4. The maximum absolute atomic E-state index is 11.6. The van der Waals surface area contributed by atoms with Gasteiger partial charge in [-0.1, -0.05) is 46.3 Å². The first-order chi connectivity index (χ1) is 7.74. The summed E-state index contributed by atoms with van der Waals surface area (Å²) in [6.07, 6.45) is 1.62. The fourth-order valence-electron chi connectivity index (χ4n) is 1.59. The van der Waals surface area contributed by atoms with Crippen LogP contribution in [0.25, 0.3) is 11.4 Å². The Hall–Kier alpha value is -1.42. The molecule has 1 aromatic carbocycles. The molecular formula is C12H11BrN2O. The summed E-state index contributed by atoms with van der Waals surface area (Å²) in [6, 6.07) is 9.82. The van der Waals surface area contributed by atoms with E-state index in [1.54, 1.807) is 6.20 Å². The molecule has 0 aliphatic carbocycles. The van der Waals surface area contributed by atoms with E-state index in [2.05, 4.69) is 20.9 Å². The summed E-state index contributed by atoms with van der Waals surface area (Å²) in [5.41, 5.74) is 1.63. The lowest BCUT2D eigenvalue weighted by Gasteiger charge is -2.03. The van der Waals surface area contributed by atoms with Crippen LogP contribution in [0, 0.1) is 0 Å². The third-order valence-electron chi connectivity index (χ3n) is 2.43. The minimum Gasteiger partial charge on any atom is -0.325 e. The van der Waals surface area contributed by atoms with Crippen molar-refractivity contribution >= 4 is 21.7 Å². The van der Waals surface area contributed by atoms with Crippen LogP contribution in [-0.4, -0.2) is 20.7 Å². The molecule has 3 nitrogen and oxygen atoms in total. The predicted molar refractivity (Wildman–Crippen MR) is 66.8 cm³/mol. The summed E-state index contributed by atoms with van der Waals surface area (Å²) in [5, 5.41) is 0.320. The summed E-state index contributed by atoms with van der Waals surface area (Å²) in [4.78, 5) is 15.8. The number of hydrogen-bond acceptors (Lipinski definition) is 2. The quantitative estimate of drug-likeness (QED) is 0.639. The van der Waals surface area contributed by atoms with E-state index >= 15 is 0 Å². The summed E-state index contributed by atoms with van der Waals surface area (Å²) in [7, 11) is 1.85. The van der Waals surface area contributed by atoms with Crippen LogP contribution in [-0.2, 0) is 7.05 Å². The van der Waals surface area contributed by atoms with Crippen LogP contribution < -0.4 is 0 Å². The number of imidazole rings is 1. The van der Waals surface area contributed by atoms with Gasteiger partial charge in [0.1, 0.15) is 11.5 Å². The molecule has 0 aliphatic heterocycles. The van der Waals surface area contributed by atoms with Crippen molar-refractivity contribution in [3.05, 3.63) is 42.2 Å². The topological polar surface area (TPSA) is 34.9 Å². The third-order valence-corrected chi connectivity index (χ3v) is 2.94. The molecule has 1 heterocycles. The van der Waals surface area contributed by atoms with Gasteiger partial charge >= 0.3 is 0 Å². The molecule has 82 valence electrons. The number of aromatic nitrogens is 2. The molecule has 0 atom stereocenters. The van der Waals surface area contributed by atoms with Gasteiger partial charge in [-0.2, -0.15) is 0 Å². The molecule has 0 saturated carbocycles. The molecular weight excluding hydrogens is 268 g/mol. The molecule has 1 aromatic heterocycles.